The van der Waals surface area contributed by atoms with Crippen LogP contribution in [0.1, 0.15) is 27.7 Å². The van der Waals surface area contributed by atoms with Crippen molar-refractivity contribution in [2.75, 3.05) is 37.3 Å². The van der Waals surface area contributed by atoms with Crippen LogP contribution >= 0.6 is 0 Å². The third-order valence-electron chi connectivity index (χ3n) is 3.10. The lowest BCUT2D eigenvalue weighted by atomic mass is 10.3. The van der Waals surface area contributed by atoms with E-state index >= 15 is 0 Å². The van der Waals surface area contributed by atoms with E-state index in [9.17, 15) is 4.79 Å². The van der Waals surface area contributed by atoms with Crippen LogP contribution in [0.3, 0.4) is 0 Å². The van der Waals surface area contributed by atoms with Crippen LogP contribution in [0, 0.1) is 0 Å². The molecule has 1 amide bonds. The SMILES string of the molecule is CCN(CC)C(=O)CN(C)c1ccc(N)c(OC(C)C)n1. The summed E-state index contributed by atoms with van der Waals surface area (Å²) in [6, 6.07) is 3.54. The van der Waals surface area contributed by atoms with Crippen molar-refractivity contribution in [1.82, 2.24) is 9.88 Å². The molecule has 0 aliphatic carbocycles. The number of pyridine rings is 1. The molecule has 0 aliphatic rings. The van der Waals surface area contributed by atoms with Crippen LogP contribution in [0.2, 0.25) is 0 Å². The fraction of sp³-hybridized carbons (Fsp3) is 0.600. The number of likely N-dealkylation sites (N-methyl/N-ethyl adjacent to an activating group) is 2. The maximum Gasteiger partial charge on any atom is 0.242 e. The van der Waals surface area contributed by atoms with Crippen molar-refractivity contribution >= 4 is 17.4 Å². The Balaban J connectivity index is 2.82. The number of amides is 1. The number of anilines is 2. The number of carbonyl (C=O) groups is 1. The zero-order valence-electron chi connectivity index (χ0n) is 13.6. The summed E-state index contributed by atoms with van der Waals surface area (Å²) in [7, 11) is 1.83. The highest BCUT2D eigenvalue weighted by atomic mass is 16.5. The summed E-state index contributed by atoms with van der Waals surface area (Å²) in [6.45, 7) is 9.47. The van der Waals surface area contributed by atoms with Gasteiger partial charge in [0.2, 0.25) is 11.8 Å². The van der Waals surface area contributed by atoms with Gasteiger partial charge in [0.15, 0.2) is 0 Å². The van der Waals surface area contributed by atoms with E-state index in [2.05, 4.69) is 4.98 Å². The van der Waals surface area contributed by atoms with Gasteiger partial charge in [0.1, 0.15) is 5.82 Å². The first-order chi connectivity index (χ1) is 9.88. The smallest absolute Gasteiger partial charge is 0.242 e. The van der Waals surface area contributed by atoms with Gasteiger partial charge in [-0.15, -0.1) is 0 Å². The molecule has 1 aromatic rings. The molecule has 1 heterocycles. The molecule has 118 valence electrons. The molecule has 0 atom stereocenters. The Labute approximate surface area is 126 Å². The van der Waals surface area contributed by atoms with Crippen molar-refractivity contribution in [2.24, 2.45) is 0 Å². The van der Waals surface area contributed by atoms with Crippen molar-refractivity contribution in [3.8, 4) is 5.88 Å². The molecule has 0 aromatic carbocycles. The van der Waals surface area contributed by atoms with E-state index in [0.717, 1.165) is 0 Å². The quantitative estimate of drug-likeness (QED) is 0.829. The van der Waals surface area contributed by atoms with E-state index in [1.807, 2.05) is 34.7 Å². The molecule has 0 fully saturated rings. The second-order valence-electron chi connectivity index (χ2n) is 5.15. The highest BCUT2D eigenvalue weighted by molar-refractivity contribution is 5.81. The van der Waals surface area contributed by atoms with Crippen molar-refractivity contribution in [3.05, 3.63) is 12.1 Å². The van der Waals surface area contributed by atoms with E-state index in [0.29, 0.717) is 30.5 Å². The van der Waals surface area contributed by atoms with Gasteiger partial charge in [0, 0.05) is 20.1 Å². The standard InChI is InChI=1S/C15H26N4O2/c1-6-19(7-2)14(20)10-18(5)13-9-8-12(16)15(17-13)21-11(3)4/h8-9,11H,6-7,10,16H2,1-5H3. The van der Waals surface area contributed by atoms with E-state index in [1.54, 1.807) is 21.9 Å². The monoisotopic (exact) mass is 294 g/mol. The number of hydrogen-bond acceptors (Lipinski definition) is 5. The average molecular weight is 294 g/mol. The molecule has 0 aliphatic heterocycles. The van der Waals surface area contributed by atoms with Crippen LogP contribution in [0.5, 0.6) is 5.88 Å². The predicted octanol–water partition coefficient (Wildman–Crippen LogP) is 1.76. The van der Waals surface area contributed by atoms with E-state index < -0.39 is 0 Å². The van der Waals surface area contributed by atoms with Gasteiger partial charge in [-0.3, -0.25) is 4.79 Å². The lowest BCUT2D eigenvalue weighted by Crippen LogP contribution is -2.39. The predicted molar refractivity (Wildman–Crippen MR) is 85.6 cm³/mol. The number of rotatable bonds is 7. The minimum atomic E-state index is -0.00216. The molecule has 6 heteroatoms. The normalized spacial score (nSPS) is 10.6. The minimum Gasteiger partial charge on any atom is -0.473 e. The number of hydrogen-bond donors (Lipinski definition) is 1. The van der Waals surface area contributed by atoms with Crippen LogP contribution in [0.25, 0.3) is 0 Å². The Bertz CT molecular complexity index is 473. The fourth-order valence-electron chi connectivity index (χ4n) is 1.93. The van der Waals surface area contributed by atoms with Gasteiger partial charge in [0.05, 0.1) is 18.3 Å². The third-order valence-corrected chi connectivity index (χ3v) is 3.10. The summed E-state index contributed by atoms with van der Waals surface area (Å²) in [5.41, 5.74) is 6.35. The highest BCUT2D eigenvalue weighted by Crippen LogP contribution is 2.23. The maximum atomic E-state index is 12.1. The van der Waals surface area contributed by atoms with Crippen LogP contribution < -0.4 is 15.4 Å². The topological polar surface area (TPSA) is 71.7 Å². The van der Waals surface area contributed by atoms with Crippen molar-refractivity contribution in [2.45, 2.75) is 33.8 Å². The molecule has 1 aromatic heterocycles. The summed E-state index contributed by atoms with van der Waals surface area (Å²) >= 11 is 0. The lowest BCUT2D eigenvalue weighted by molar-refractivity contribution is -0.129. The van der Waals surface area contributed by atoms with Crippen LogP contribution in [-0.2, 0) is 4.79 Å². The molecule has 0 radical (unpaired) electrons. The number of nitrogens with zero attached hydrogens (tertiary/aromatic N) is 3. The Hall–Kier alpha value is -1.98. The van der Waals surface area contributed by atoms with Gasteiger partial charge in [0.25, 0.3) is 0 Å². The largest absolute Gasteiger partial charge is 0.473 e. The first-order valence-electron chi connectivity index (χ1n) is 7.31. The minimum absolute atomic E-state index is 0.00216. The van der Waals surface area contributed by atoms with Gasteiger partial charge < -0.3 is 20.3 Å². The average Bonchev–Trinajstić information content (AvgIpc) is 2.42. The van der Waals surface area contributed by atoms with Crippen LogP contribution in [0.4, 0.5) is 11.5 Å². The number of nitrogens with two attached hydrogens (primary N) is 1. The van der Waals surface area contributed by atoms with E-state index in [1.165, 1.54) is 0 Å². The number of ether oxygens (including phenoxy) is 1. The summed E-state index contributed by atoms with van der Waals surface area (Å²) < 4.78 is 5.57. The lowest BCUT2D eigenvalue weighted by Gasteiger charge is -2.24. The second kappa shape index (κ2) is 7.71. The summed E-state index contributed by atoms with van der Waals surface area (Å²) in [5, 5.41) is 0. The molecule has 0 bridgehead atoms. The molecule has 1 rings (SSSR count). The first-order valence-corrected chi connectivity index (χ1v) is 7.31. The molecular weight excluding hydrogens is 268 g/mol. The van der Waals surface area contributed by atoms with Crippen molar-refractivity contribution in [3.63, 3.8) is 0 Å². The van der Waals surface area contributed by atoms with Gasteiger partial charge in [-0.2, -0.15) is 4.98 Å². The zero-order chi connectivity index (χ0) is 16.0. The van der Waals surface area contributed by atoms with Crippen LogP contribution in [-0.4, -0.2) is 48.6 Å². The fourth-order valence-corrected chi connectivity index (χ4v) is 1.93. The summed E-state index contributed by atoms with van der Waals surface area (Å²) in [5.74, 6) is 1.15. The van der Waals surface area contributed by atoms with Crippen molar-refractivity contribution in [1.29, 1.82) is 0 Å². The molecule has 0 unspecified atom stereocenters. The second-order valence-corrected chi connectivity index (χ2v) is 5.15. The molecule has 2 N–H and O–H groups in total. The molecule has 0 saturated heterocycles. The summed E-state index contributed by atoms with van der Waals surface area (Å²) in [6.07, 6.45) is -0.00216. The Kier molecular flexibility index (Phi) is 6.27. The molecule has 0 spiro atoms. The molecule has 6 nitrogen and oxygen atoms in total. The van der Waals surface area contributed by atoms with E-state index in [4.69, 9.17) is 10.5 Å². The first kappa shape index (κ1) is 17.1. The zero-order valence-corrected chi connectivity index (χ0v) is 13.6. The molecule has 21 heavy (non-hydrogen) atoms. The third kappa shape index (κ3) is 4.81. The van der Waals surface area contributed by atoms with Crippen molar-refractivity contribution < 1.29 is 9.53 Å². The Morgan fingerprint density at radius 2 is 1.95 bits per heavy atom. The number of aromatic nitrogens is 1. The van der Waals surface area contributed by atoms with Gasteiger partial charge >= 0.3 is 0 Å². The molecular formula is C15H26N4O2. The highest BCUT2D eigenvalue weighted by Gasteiger charge is 2.15. The number of carbonyl (C=O) groups excluding carboxylic acids is 1. The van der Waals surface area contributed by atoms with Gasteiger partial charge in [-0.1, -0.05) is 0 Å². The maximum absolute atomic E-state index is 12.1. The van der Waals surface area contributed by atoms with Crippen LogP contribution in [0.15, 0.2) is 12.1 Å². The van der Waals surface area contributed by atoms with Gasteiger partial charge in [-0.05, 0) is 39.8 Å². The Morgan fingerprint density at radius 1 is 1.33 bits per heavy atom. The summed E-state index contributed by atoms with van der Waals surface area (Å²) in [4.78, 5) is 20.1. The van der Waals surface area contributed by atoms with Gasteiger partial charge in [-0.25, -0.2) is 0 Å². The molecule has 0 saturated carbocycles. The van der Waals surface area contributed by atoms with E-state index in [-0.39, 0.29) is 18.6 Å². The Morgan fingerprint density at radius 3 is 2.48 bits per heavy atom. The number of nitrogen functional groups attached to an aromatic ring is 1.